The zero-order valence-electron chi connectivity index (χ0n) is 14.4. The normalized spacial score (nSPS) is 21.0. The van der Waals surface area contributed by atoms with Gasteiger partial charge in [-0.15, -0.1) is 0 Å². The molecule has 1 saturated heterocycles. The summed E-state index contributed by atoms with van der Waals surface area (Å²) in [6.07, 6.45) is 3.73. The van der Waals surface area contributed by atoms with Gasteiger partial charge in [0.15, 0.2) is 5.54 Å². The summed E-state index contributed by atoms with van der Waals surface area (Å²) in [5.41, 5.74) is -0.177. The Morgan fingerprint density at radius 1 is 1.04 bits per heavy atom. The molecule has 0 saturated carbocycles. The van der Waals surface area contributed by atoms with Gasteiger partial charge in [0.2, 0.25) is 0 Å². The lowest BCUT2D eigenvalue weighted by atomic mass is 10.00. The first kappa shape index (κ1) is 16.8. The van der Waals surface area contributed by atoms with Crippen molar-refractivity contribution in [2.24, 2.45) is 0 Å². The van der Waals surface area contributed by atoms with Crippen molar-refractivity contribution in [3.8, 4) is 5.75 Å². The molecule has 1 aliphatic carbocycles. The van der Waals surface area contributed by atoms with Crippen LogP contribution in [-0.2, 0) is 11.3 Å². The Balaban J connectivity index is 1.70. The van der Waals surface area contributed by atoms with Gasteiger partial charge in [0.1, 0.15) is 5.75 Å². The standard InChI is InChI=1S/C20H17BrN2O3/c1-22-19(25)23(12-13-3-7-17(26-2)8-4-13)18(24)20(22)10-14-5-6-16(21)9-15(14)11-20/h3-11H,12H2,1-2H3. The molecular weight excluding hydrogens is 396 g/mol. The summed E-state index contributed by atoms with van der Waals surface area (Å²) in [5.74, 6) is 0.507. The van der Waals surface area contributed by atoms with Crippen LogP contribution in [-0.4, -0.2) is 41.4 Å². The number of likely N-dealkylation sites (N-methyl/N-ethyl adjacent to an activating group) is 1. The summed E-state index contributed by atoms with van der Waals surface area (Å²) >= 11 is 3.45. The molecule has 0 bridgehead atoms. The molecule has 2 aromatic carbocycles. The van der Waals surface area contributed by atoms with Crippen molar-refractivity contribution in [1.82, 2.24) is 9.80 Å². The topological polar surface area (TPSA) is 49.9 Å². The van der Waals surface area contributed by atoms with E-state index in [1.54, 1.807) is 14.2 Å². The second-order valence-corrected chi connectivity index (χ2v) is 7.38. The first-order chi connectivity index (χ1) is 12.4. The highest BCUT2D eigenvalue weighted by molar-refractivity contribution is 9.10. The number of hydrogen-bond acceptors (Lipinski definition) is 3. The van der Waals surface area contributed by atoms with Crippen molar-refractivity contribution < 1.29 is 14.3 Å². The molecule has 0 radical (unpaired) electrons. The van der Waals surface area contributed by atoms with Crippen LogP contribution in [0.1, 0.15) is 5.56 Å². The fraction of sp³-hybridized carbons (Fsp3) is 0.200. The second kappa shape index (κ2) is 5.99. The quantitative estimate of drug-likeness (QED) is 0.723. The van der Waals surface area contributed by atoms with Crippen LogP contribution in [0.25, 0.3) is 12.2 Å². The van der Waals surface area contributed by atoms with Gasteiger partial charge in [0, 0.05) is 11.5 Å². The molecule has 6 heteroatoms. The Kier molecular flexibility index (Phi) is 3.88. The molecule has 2 aromatic rings. The maximum Gasteiger partial charge on any atom is 0.328 e. The van der Waals surface area contributed by atoms with Crippen molar-refractivity contribution in [1.29, 1.82) is 0 Å². The van der Waals surface area contributed by atoms with Gasteiger partial charge in [0.25, 0.3) is 5.91 Å². The van der Waals surface area contributed by atoms with Gasteiger partial charge in [0.05, 0.1) is 13.7 Å². The predicted octanol–water partition coefficient (Wildman–Crippen LogP) is 1.87. The van der Waals surface area contributed by atoms with Gasteiger partial charge in [-0.25, -0.2) is 4.79 Å². The smallest absolute Gasteiger partial charge is 0.328 e. The van der Waals surface area contributed by atoms with Gasteiger partial charge < -0.3 is 9.64 Å². The van der Waals surface area contributed by atoms with E-state index in [1.807, 2.05) is 54.6 Å². The molecule has 1 aliphatic heterocycles. The lowest BCUT2D eigenvalue weighted by molar-refractivity contribution is -0.128. The first-order valence-electron chi connectivity index (χ1n) is 8.19. The highest BCUT2D eigenvalue weighted by Gasteiger charge is 2.53. The third-order valence-electron chi connectivity index (χ3n) is 4.96. The number of methoxy groups -OCH3 is 1. The summed E-state index contributed by atoms with van der Waals surface area (Å²) < 4.78 is 6.09. The molecule has 0 N–H and O–H groups in total. The van der Waals surface area contributed by atoms with E-state index in [0.717, 1.165) is 26.2 Å². The molecule has 1 spiro atoms. The number of carbonyl (C=O) groups excluding carboxylic acids is 2. The molecular formula is C20H17BrN2O3. The number of fused-ring (bicyclic) bond motifs is 1. The molecule has 1 fully saturated rings. The molecule has 0 aromatic heterocycles. The molecule has 1 heterocycles. The zero-order chi connectivity index (χ0) is 18.5. The van der Waals surface area contributed by atoms with E-state index in [2.05, 4.69) is 15.9 Å². The minimum Gasteiger partial charge on any atom is -0.497 e. The van der Waals surface area contributed by atoms with Crippen LogP contribution in [0.15, 0.2) is 46.9 Å². The number of amides is 3. The number of rotatable bonds is 3. The first-order valence-corrected chi connectivity index (χ1v) is 8.98. The largest absolute Gasteiger partial charge is 0.497 e. The van der Waals surface area contributed by atoms with Crippen LogP contribution in [0, 0.1) is 0 Å². The monoisotopic (exact) mass is 412 g/mol. The molecule has 5 nitrogen and oxygen atoms in total. The predicted molar refractivity (Wildman–Crippen MR) is 102 cm³/mol. The lowest BCUT2D eigenvalue weighted by Gasteiger charge is -2.23. The number of nitrogens with zero attached hydrogens (tertiary/aromatic N) is 2. The van der Waals surface area contributed by atoms with Crippen molar-refractivity contribution in [2.45, 2.75) is 12.1 Å². The number of imide groups is 1. The number of benzene rings is 2. The fourth-order valence-electron chi connectivity index (χ4n) is 3.47. The van der Waals surface area contributed by atoms with Gasteiger partial charge in [-0.3, -0.25) is 9.69 Å². The van der Waals surface area contributed by atoms with Crippen LogP contribution >= 0.6 is 15.9 Å². The number of carbonyl (C=O) groups is 2. The average molecular weight is 413 g/mol. The van der Waals surface area contributed by atoms with E-state index in [9.17, 15) is 9.59 Å². The van der Waals surface area contributed by atoms with E-state index in [1.165, 1.54) is 9.80 Å². The number of halogens is 1. The molecule has 1 unspecified atom stereocenters. The zero-order valence-corrected chi connectivity index (χ0v) is 16.0. The van der Waals surface area contributed by atoms with E-state index >= 15 is 0 Å². The SMILES string of the molecule is COc1ccc(CN2C(=O)N(C)C3(C=c4ccc(Br)cc4=C3)C2=O)cc1. The number of urea groups is 1. The van der Waals surface area contributed by atoms with E-state index in [-0.39, 0.29) is 18.5 Å². The Morgan fingerprint density at radius 3 is 2.42 bits per heavy atom. The van der Waals surface area contributed by atoms with E-state index in [4.69, 9.17) is 4.74 Å². The van der Waals surface area contributed by atoms with Crippen LogP contribution in [0.2, 0.25) is 0 Å². The Morgan fingerprint density at radius 2 is 1.73 bits per heavy atom. The third kappa shape index (κ3) is 2.44. The molecule has 3 amide bonds. The Labute approximate surface area is 159 Å². The third-order valence-corrected chi connectivity index (χ3v) is 5.45. The molecule has 132 valence electrons. The maximum absolute atomic E-state index is 13.2. The summed E-state index contributed by atoms with van der Waals surface area (Å²) in [6.45, 7) is 0.232. The van der Waals surface area contributed by atoms with Crippen LogP contribution in [0.5, 0.6) is 5.75 Å². The second-order valence-electron chi connectivity index (χ2n) is 6.47. The Hall–Kier alpha value is -2.60. The van der Waals surface area contributed by atoms with Gasteiger partial charge >= 0.3 is 6.03 Å². The van der Waals surface area contributed by atoms with Crippen LogP contribution in [0.4, 0.5) is 4.79 Å². The molecule has 4 rings (SSSR count). The number of ether oxygens (including phenoxy) is 1. The highest BCUT2D eigenvalue weighted by Crippen LogP contribution is 2.32. The summed E-state index contributed by atoms with van der Waals surface area (Å²) in [6, 6.07) is 12.9. The fourth-order valence-corrected chi connectivity index (χ4v) is 3.85. The molecule has 2 aliphatic rings. The van der Waals surface area contributed by atoms with E-state index < -0.39 is 5.54 Å². The van der Waals surface area contributed by atoms with E-state index in [0.29, 0.717) is 0 Å². The minimum atomic E-state index is -1.05. The number of hydrogen-bond donors (Lipinski definition) is 0. The van der Waals surface area contributed by atoms with Crippen LogP contribution in [0.3, 0.4) is 0 Å². The average Bonchev–Trinajstić information content (AvgIpc) is 3.10. The summed E-state index contributed by atoms with van der Waals surface area (Å²) in [5, 5.41) is 1.89. The maximum atomic E-state index is 13.2. The van der Waals surface area contributed by atoms with Crippen LogP contribution < -0.4 is 15.2 Å². The highest BCUT2D eigenvalue weighted by atomic mass is 79.9. The Bertz CT molecular complexity index is 1030. The van der Waals surface area contributed by atoms with Gasteiger partial charge in [-0.2, -0.15) is 0 Å². The van der Waals surface area contributed by atoms with Crippen molar-refractivity contribution in [3.05, 3.63) is 62.9 Å². The summed E-state index contributed by atoms with van der Waals surface area (Å²) in [4.78, 5) is 28.8. The summed E-state index contributed by atoms with van der Waals surface area (Å²) in [7, 11) is 3.27. The van der Waals surface area contributed by atoms with Crippen molar-refractivity contribution in [3.63, 3.8) is 0 Å². The lowest BCUT2D eigenvalue weighted by Crippen LogP contribution is -2.42. The van der Waals surface area contributed by atoms with Gasteiger partial charge in [-0.1, -0.05) is 34.1 Å². The molecule has 26 heavy (non-hydrogen) atoms. The van der Waals surface area contributed by atoms with Crippen molar-refractivity contribution >= 4 is 40.0 Å². The van der Waals surface area contributed by atoms with Gasteiger partial charge in [-0.05, 0) is 52.4 Å². The minimum absolute atomic E-state index is 0.229. The molecule has 1 atom stereocenters. The van der Waals surface area contributed by atoms with Crippen molar-refractivity contribution in [2.75, 3.05) is 14.2 Å².